The van der Waals surface area contributed by atoms with E-state index in [0.29, 0.717) is 0 Å². The maximum Gasteiger partial charge on any atom is 0.338 e. The van der Waals surface area contributed by atoms with Crippen molar-refractivity contribution in [2.45, 2.75) is 32.3 Å². The Bertz CT molecular complexity index is 259. The molecule has 0 saturated heterocycles. The van der Waals surface area contributed by atoms with Crippen LogP contribution in [-0.4, -0.2) is 23.8 Å². The molecular formula is C11H18O3. The fourth-order valence-electron chi connectivity index (χ4n) is 2.33. The van der Waals surface area contributed by atoms with Gasteiger partial charge in [0.05, 0.1) is 7.11 Å². The number of rotatable bonds is 2. The molecule has 0 aromatic heterocycles. The van der Waals surface area contributed by atoms with Crippen LogP contribution >= 0.6 is 0 Å². The lowest BCUT2D eigenvalue weighted by atomic mass is 9.81. The predicted molar refractivity (Wildman–Crippen MR) is 53.7 cm³/mol. The molecule has 1 aliphatic rings. The molecule has 0 bridgehead atoms. The number of carbonyl (C=O) groups excluding carboxylic acids is 1. The van der Waals surface area contributed by atoms with Gasteiger partial charge < -0.3 is 9.84 Å². The molecule has 1 N–H and O–H groups in total. The van der Waals surface area contributed by atoms with Crippen LogP contribution in [0.1, 0.15) is 26.7 Å². The van der Waals surface area contributed by atoms with Gasteiger partial charge in [0.25, 0.3) is 0 Å². The van der Waals surface area contributed by atoms with Crippen LogP contribution in [0.5, 0.6) is 0 Å². The normalized spacial score (nSPS) is 36.9. The van der Waals surface area contributed by atoms with Crippen molar-refractivity contribution < 1.29 is 14.6 Å². The summed E-state index contributed by atoms with van der Waals surface area (Å²) in [5, 5.41) is 10.3. The summed E-state index contributed by atoms with van der Waals surface area (Å²) in [6.45, 7) is 7.53. The minimum absolute atomic E-state index is 0.0587. The zero-order chi connectivity index (χ0) is 10.9. The summed E-state index contributed by atoms with van der Waals surface area (Å²) in [6.07, 6.45) is 1.64. The summed E-state index contributed by atoms with van der Waals surface area (Å²) in [5.74, 6) is -0.753. The average molecular weight is 198 g/mol. The van der Waals surface area contributed by atoms with E-state index >= 15 is 0 Å². The van der Waals surface area contributed by atoms with Crippen molar-refractivity contribution in [2.24, 2.45) is 11.8 Å². The molecule has 1 rings (SSSR count). The van der Waals surface area contributed by atoms with Gasteiger partial charge in [-0.1, -0.05) is 19.1 Å². The van der Waals surface area contributed by atoms with E-state index in [0.717, 1.165) is 18.4 Å². The molecule has 0 heterocycles. The first-order chi connectivity index (χ1) is 6.44. The number of ether oxygens (including phenoxy) is 1. The molecule has 14 heavy (non-hydrogen) atoms. The van der Waals surface area contributed by atoms with Gasteiger partial charge in [-0.25, -0.2) is 4.79 Å². The van der Waals surface area contributed by atoms with E-state index in [4.69, 9.17) is 0 Å². The molecule has 0 amide bonds. The molecule has 0 aliphatic heterocycles. The van der Waals surface area contributed by atoms with Crippen LogP contribution in [0.4, 0.5) is 0 Å². The second kappa shape index (κ2) is 3.73. The van der Waals surface area contributed by atoms with Crippen LogP contribution in [0.2, 0.25) is 0 Å². The van der Waals surface area contributed by atoms with Gasteiger partial charge in [0.1, 0.15) is 0 Å². The monoisotopic (exact) mass is 198 g/mol. The predicted octanol–water partition coefficient (Wildman–Crippen LogP) is 1.51. The topological polar surface area (TPSA) is 46.5 Å². The summed E-state index contributed by atoms with van der Waals surface area (Å²) >= 11 is 0. The van der Waals surface area contributed by atoms with Gasteiger partial charge in [-0.15, -0.1) is 0 Å². The highest BCUT2D eigenvalue weighted by Crippen LogP contribution is 2.44. The van der Waals surface area contributed by atoms with Crippen molar-refractivity contribution in [2.75, 3.05) is 7.11 Å². The van der Waals surface area contributed by atoms with Gasteiger partial charge in [-0.05, 0) is 25.7 Å². The molecule has 3 unspecified atom stereocenters. The van der Waals surface area contributed by atoms with Crippen LogP contribution in [0, 0.1) is 11.8 Å². The first-order valence-electron chi connectivity index (χ1n) is 4.90. The fourth-order valence-corrected chi connectivity index (χ4v) is 2.33. The van der Waals surface area contributed by atoms with E-state index < -0.39 is 11.6 Å². The minimum atomic E-state index is -1.36. The summed E-state index contributed by atoms with van der Waals surface area (Å²) < 4.78 is 4.66. The Hall–Kier alpha value is -0.830. The first-order valence-corrected chi connectivity index (χ1v) is 4.90. The molecule has 3 nitrogen and oxygen atoms in total. The standard InChI is InChI=1S/C11H18O3/c1-7(2)9-6-5-8(3)11(9,13)10(12)14-4/h8-9,13H,1,5-6H2,2-4H3. The smallest absolute Gasteiger partial charge is 0.338 e. The van der Waals surface area contributed by atoms with Crippen LogP contribution in [0.25, 0.3) is 0 Å². The number of hydrogen-bond acceptors (Lipinski definition) is 3. The van der Waals surface area contributed by atoms with E-state index in [-0.39, 0.29) is 11.8 Å². The van der Waals surface area contributed by atoms with Crippen molar-refractivity contribution in [1.29, 1.82) is 0 Å². The lowest BCUT2D eigenvalue weighted by Crippen LogP contribution is -2.47. The summed E-state index contributed by atoms with van der Waals surface area (Å²) in [7, 11) is 1.31. The Balaban J connectivity index is 3.00. The van der Waals surface area contributed by atoms with Crippen molar-refractivity contribution in [3.8, 4) is 0 Å². The zero-order valence-electron chi connectivity index (χ0n) is 9.04. The van der Waals surface area contributed by atoms with E-state index in [1.807, 2.05) is 13.8 Å². The zero-order valence-corrected chi connectivity index (χ0v) is 9.04. The second-order valence-corrected chi connectivity index (χ2v) is 4.19. The molecule has 1 aliphatic carbocycles. The second-order valence-electron chi connectivity index (χ2n) is 4.19. The summed E-state index contributed by atoms with van der Waals surface area (Å²) in [5.41, 5.74) is -0.511. The van der Waals surface area contributed by atoms with Crippen LogP contribution in [0.15, 0.2) is 12.2 Å². The fraction of sp³-hybridized carbons (Fsp3) is 0.727. The highest BCUT2D eigenvalue weighted by atomic mass is 16.5. The lowest BCUT2D eigenvalue weighted by molar-refractivity contribution is -0.169. The van der Waals surface area contributed by atoms with Crippen LogP contribution in [0.3, 0.4) is 0 Å². The molecule has 0 spiro atoms. The van der Waals surface area contributed by atoms with Gasteiger partial charge >= 0.3 is 5.97 Å². The number of methoxy groups -OCH3 is 1. The third-order valence-corrected chi connectivity index (χ3v) is 3.28. The van der Waals surface area contributed by atoms with Crippen molar-refractivity contribution in [3.63, 3.8) is 0 Å². The summed E-state index contributed by atoms with van der Waals surface area (Å²) in [4.78, 5) is 11.5. The maximum absolute atomic E-state index is 11.5. The molecule has 1 fully saturated rings. The van der Waals surface area contributed by atoms with E-state index in [2.05, 4.69) is 11.3 Å². The molecule has 0 radical (unpaired) electrons. The number of carbonyl (C=O) groups is 1. The third kappa shape index (κ3) is 1.46. The maximum atomic E-state index is 11.5. The van der Waals surface area contributed by atoms with E-state index in [9.17, 15) is 9.90 Å². The largest absolute Gasteiger partial charge is 0.467 e. The quantitative estimate of drug-likeness (QED) is 0.540. The molecule has 0 aromatic carbocycles. The third-order valence-electron chi connectivity index (χ3n) is 3.28. The first kappa shape index (κ1) is 11.2. The van der Waals surface area contributed by atoms with Crippen molar-refractivity contribution in [3.05, 3.63) is 12.2 Å². The van der Waals surface area contributed by atoms with Crippen LogP contribution in [-0.2, 0) is 9.53 Å². The Morgan fingerprint density at radius 2 is 2.14 bits per heavy atom. The van der Waals surface area contributed by atoms with Crippen molar-refractivity contribution in [1.82, 2.24) is 0 Å². The molecule has 3 heteroatoms. The van der Waals surface area contributed by atoms with E-state index in [1.54, 1.807) is 0 Å². The SMILES string of the molecule is C=C(C)C1CCC(C)C1(O)C(=O)OC. The Morgan fingerprint density at radius 3 is 2.57 bits per heavy atom. The molecule has 0 aromatic rings. The minimum Gasteiger partial charge on any atom is -0.467 e. The van der Waals surface area contributed by atoms with Gasteiger partial charge in [0.15, 0.2) is 5.60 Å². The van der Waals surface area contributed by atoms with Crippen LogP contribution < -0.4 is 0 Å². The lowest BCUT2D eigenvalue weighted by Gasteiger charge is -2.31. The van der Waals surface area contributed by atoms with E-state index in [1.165, 1.54) is 7.11 Å². The molecule has 80 valence electrons. The average Bonchev–Trinajstić information content (AvgIpc) is 2.43. The Labute approximate surface area is 84.8 Å². The summed E-state index contributed by atoms with van der Waals surface area (Å²) in [6, 6.07) is 0. The van der Waals surface area contributed by atoms with Gasteiger partial charge in [0, 0.05) is 5.92 Å². The van der Waals surface area contributed by atoms with Crippen molar-refractivity contribution >= 4 is 5.97 Å². The van der Waals surface area contributed by atoms with Gasteiger partial charge in [-0.2, -0.15) is 0 Å². The molecule has 3 atom stereocenters. The Kier molecular flexibility index (Phi) is 3.00. The van der Waals surface area contributed by atoms with Gasteiger partial charge in [0.2, 0.25) is 0 Å². The Morgan fingerprint density at radius 1 is 1.57 bits per heavy atom. The number of esters is 1. The molecular weight excluding hydrogens is 180 g/mol. The highest BCUT2D eigenvalue weighted by Gasteiger charge is 2.53. The number of hydrogen-bond donors (Lipinski definition) is 1. The van der Waals surface area contributed by atoms with Gasteiger partial charge in [-0.3, -0.25) is 0 Å². The number of aliphatic hydroxyl groups is 1. The molecule has 1 saturated carbocycles. The highest BCUT2D eigenvalue weighted by molar-refractivity contribution is 5.81.